The van der Waals surface area contributed by atoms with Gasteiger partial charge in [0.05, 0.1) is 27.1 Å². The Morgan fingerprint density at radius 3 is 2.08 bits per heavy atom. The van der Waals surface area contributed by atoms with E-state index in [0.717, 1.165) is 19.1 Å². The number of benzene rings is 2. The SMILES string of the molecule is C[C@@H](NC(=O)c1ccc(/C(F)=C/C(c2ccc(Cl)c(Cl)c2)C(C)(F)F)cc1C(F)(F)F)C(=O)NCC(F)(F)F. The molecule has 0 radical (unpaired) electrons. The highest BCUT2D eigenvalue weighted by molar-refractivity contribution is 6.42. The summed E-state index contributed by atoms with van der Waals surface area (Å²) in [7, 11) is 0. The summed E-state index contributed by atoms with van der Waals surface area (Å²) in [4.78, 5) is 24.2. The molecule has 0 fully saturated rings. The number of carbonyl (C=O) groups excluding carboxylic acids is 2. The highest BCUT2D eigenvalue weighted by Crippen LogP contribution is 2.40. The van der Waals surface area contributed by atoms with Crippen LogP contribution in [0.3, 0.4) is 0 Å². The zero-order valence-corrected chi connectivity index (χ0v) is 21.4. The van der Waals surface area contributed by atoms with Gasteiger partial charge in [0.15, 0.2) is 0 Å². The van der Waals surface area contributed by atoms with Gasteiger partial charge in [0.2, 0.25) is 5.91 Å². The van der Waals surface area contributed by atoms with Gasteiger partial charge in [0.1, 0.15) is 18.4 Å². The first-order chi connectivity index (χ1) is 17.7. The molecule has 0 aliphatic carbocycles. The Morgan fingerprint density at radius 2 is 1.56 bits per heavy atom. The average molecular weight is 609 g/mol. The van der Waals surface area contributed by atoms with Crippen LogP contribution in [0.2, 0.25) is 10.0 Å². The van der Waals surface area contributed by atoms with Gasteiger partial charge >= 0.3 is 12.4 Å². The number of allylic oxidation sites excluding steroid dienone is 1. The summed E-state index contributed by atoms with van der Waals surface area (Å²) < 4.78 is 122. The standard InChI is InChI=1S/C24H19Cl2F9N2O2/c1-11(20(38)36-10-23(30,31)32)37-21(39)14-5-3-13(7-16(14)24(33,34)35)19(27)9-15(22(2,28)29)12-4-6-17(25)18(26)8-12/h3-9,11,15H,10H2,1-2H3,(H,36,38)(H,37,39)/b19-9-/t11-,15?/m1/s1. The van der Waals surface area contributed by atoms with Gasteiger partial charge in [-0.3, -0.25) is 9.59 Å². The van der Waals surface area contributed by atoms with Crippen LogP contribution in [0.1, 0.15) is 46.8 Å². The third-order valence-corrected chi connectivity index (χ3v) is 5.95. The highest BCUT2D eigenvalue weighted by Gasteiger charge is 2.38. The Kier molecular flexibility index (Phi) is 9.99. The molecule has 2 aromatic rings. The lowest BCUT2D eigenvalue weighted by molar-refractivity contribution is -0.139. The van der Waals surface area contributed by atoms with Crippen LogP contribution in [0.25, 0.3) is 5.83 Å². The molecule has 0 aliphatic heterocycles. The van der Waals surface area contributed by atoms with E-state index in [1.54, 1.807) is 0 Å². The molecule has 2 rings (SSSR count). The van der Waals surface area contributed by atoms with Crippen LogP contribution in [0.5, 0.6) is 0 Å². The van der Waals surface area contributed by atoms with Crippen LogP contribution in [0.15, 0.2) is 42.5 Å². The summed E-state index contributed by atoms with van der Waals surface area (Å²) in [5.74, 6) is -9.87. The first-order valence-corrected chi connectivity index (χ1v) is 11.5. The third-order valence-electron chi connectivity index (χ3n) is 5.21. The van der Waals surface area contributed by atoms with Crippen LogP contribution in [-0.4, -0.2) is 36.5 Å². The third kappa shape index (κ3) is 9.06. The summed E-state index contributed by atoms with van der Waals surface area (Å²) in [5.41, 5.74) is -3.75. The Bertz CT molecular complexity index is 1260. The quantitative estimate of drug-likeness (QED) is 0.304. The molecule has 2 atom stereocenters. The summed E-state index contributed by atoms with van der Waals surface area (Å²) in [6.07, 6.45) is -9.62. The second-order valence-corrected chi connectivity index (χ2v) is 9.22. The Balaban J connectivity index is 2.42. The zero-order chi connectivity index (χ0) is 29.9. The fraction of sp³-hybridized carbons (Fsp3) is 0.333. The molecular formula is C24H19Cl2F9N2O2. The van der Waals surface area contributed by atoms with Gasteiger partial charge in [-0.05, 0) is 42.8 Å². The lowest BCUT2D eigenvalue weighted by Gasteiger charge is -2.22. The molecule has 214 valence electrons. The van der Waals surface area contributed by atoms with Gasteiger partial charge in [-0.2, -0.15) is 26.3 Å². The minimum absolute atomic E-state index is 0.0267. The summed E-state index contributed by atoms with van der Waals surface area (Å²) in [6, 6.07) is 3.16. The second-order valence-electron chi connectivity index (χ2n) is 8.41. The maximum Gasteiger partial charge on any atom is 0.417 e. The Labute approximate surface area is 226 Å². The van der Waals surface area contributed by atoms with Gasteiger partial charge < -0.3 is 10.6 Å². The smallest absolute Gasteiger partial charge is 0.345 e. The van der Waals surface area contributed by atoms with E-state index in [1.165, 1.54) is 11.4 Å². The van der Waals surface area contributed by atoms with Crippen molar-refractivity contribution in [3.8, 4) is 0 Å². The molecule has 0 spiro atoms. The van der Waals surface area contributed by atoms with Crippen molar-refractivity contribution in [2.45, 2.75) is 44.1 Å². The monoisotopic (exact) mass is 608 g/mol. The predicted octanol–water partition coefficient (Wildman–Crippen LogP) is 7.56. The Hall–Kier alpha value is -2.93. The number of amides is 2. The van der Waals surface area contributed by atoms with E-state index in [0.29, 0.717) is 25.1 Å². The molecule has 2 amide bonds. The van der Waals surface area contributed by atoms with Crippen molar-refractivity contribution in [1.29, 1.82) is 0 Å². The van der Waals surface area contributed by atoms with E-state index in [2.05, 4.69) is 0 Å². The van der Waals surface area contributed by atoms with Crippen molar-refractivity contribution in [3.05, 3.63) is 74.8 Å². The highest BCUT2D eigenvalue weighted by atomic mass is 35.5. The molecule has 0 heterocycles. The average Bonchev–Trinajstić information content (AvgIpc) is 2.80. The van der Waals surface area contributed by atoms with Gasteiger partial charge in [0, 0.05) is 12.5 Å². The van der Waals surface area contributed by atoms with Crippen molar-refractivity contribution in [2.75, 3.05) is 6.54 Å². The maximum atomic E-state index is 15.0. The number of hydrogen-bond donors (Lipinski definition) is 2. The predicted molar refractivity (Wildman–Crippen MR) is 126 cm³/mol. The molecule has 0 aromatic heterocycles. The molecule has 15 heteroatoms. The van der Waals surface area contributed by atoms with Crippen LogP contribution < -0.4 is 10.6 Å². The van der Waals surface area contributed by atoms with Gasteiger partial charge in [-0.15, -0.1) is 0 Å². The fourth-order valence-electron chi connectivity index (χ4n) is 3.29. The maximum absolute atomic E-state index is 15.0. The number of halogens is 11. The van der Waals surface area contributed by atoms with E-state index in [-0.39, 0.29) is 21.7 Å². The van der Waals surface area contributed by atoms with Crippen LogP contribution >= 0.6 is 23.2 Å². The van der Waals surface area contributed by atoms with Crippen molar-refractivity contribution in [2.24, 2.45) is 0 Å². The normalized spacial score (nSPS) is 14.5. The molecule has 0 saturated carbocycles. The van der Waals surface area contributed by atoms with Crippen LogP contribution in [0, 0.1) is 0 Å². The summed E-state index contributed by atoms with van der Waals surface area (Å²) in [6.45, 7) is -0.341. The lowest BCUT2D eigenvalue weighted by Crippen LogP contribution is -2.47. The van der Waals surface area contributed by atoms with Crippen molar-refractivity contribution in [3.63, 3.8) is 0 Å². The van der Waals surface area contributed by atoms with Crippen molar-refractivity contribution < 1.29 is 49.1 Å². The van der Waals surface area contributed by atoms with E-state index >= 15 is 4.39 Å². The number of alkyl halides is 8. The summed E-state index contributed by atoms with van der Waals surface area (Å²) in [5, 5.41) is 3.20. The van der Waals surface area contributed by atoms with Crippen molar-refractivity contribution >= 4 is 40.8 Å². The minimum atomic E-state index is -5.25. The van der Waals surface area contributed by atoms with E-state index in [4.69, 9.17) is 23.2 Å². The molecule has 4 nitrogen and oxygen atoms in total. The lowest BCUT2D eigenvalue weighted by atomic mass is 9.91. The topological polar surface area (TPSA) is 58.2 Å². The molecular weight excluding hydrogens is 590 g/mol. The van der Waals surface area contributed by atoms with E-state index < -0.39 is 71.1 Å². The number of nitrogens with one attached hydrogen (secondary N) is 2. The molecule has 2 aromatic carbocycles. The fourth-order valence-corrected chi connectivity index (χ4v) is 3.60. The van der Waals surface area contributed by atoms with E-state index in [9.17, 15) is 44.7 Å². The second kappa shape index (κ2) is 12.1. The van der Waals surface area contributed by atoms with Gasteiger partial charge in [-0.25, -0.2) is 13.2 Å². The zero-order valence-electron chi connectivity index (χ0n) is 19.9. The number of hydrogen-bond acceptors (Lipinski definition) is 2. The molecule has 39 heavy (non-hydrogen) atoms. The van der Waals surface area contributed by atoms with Gasteiger partial charge in [-0.1, -0.05) is 35.3 Å². The number of rotatable bonds is 8. The molecule has 2 N–H and O–H groups in total. The number of carbonyl (C=O) groups is 2. The van der Waals surface area contributed by atoms with Crippen LogP contribution in [0.4, 0.5) is 39.5 Å². The first-order valence-electron chi connectivity index (χ1n) is 10.8. The molecule has 1 unspecified atom stereocenters. The molecule has 0 saturated heterocycles. The minimum Gasteiger partial charge on any atom is -0.345 e. The summed E-state index contributed by atoms with van der Waals surface area (Å²) >= 11 is 11.6. The van der Waals surface area contributed by atoms with Crippen molar-refractivity contribution in [1.82, 2.24) is 10.6 Å². The molecule has 0 aliphatic rings. The van der Waals surface area contributed by atoms with Gasteiger partial charge in [0.25, 0.3) is 11.8 Å². The first kappa shape index (κ1) is 32.3. The molecule has 0 bridgehead atoms. The van der Waals surface area contributed by atoms with Crippen LogP contribution in [-0.2, 0) is 11.0 Å². The van der Waals surface area contributed by atoms with E-state index in [1.807, 2.05) is 5.32 Å². The Morgan fingerprint density at radius 1 is 0.949 bits per heavy atom. The largest absolute Gasteiger partial charge is 0.417 e.